The molecule has 7 nitrogen and oxygen atoms in total. The van der Waals surface area contributed by atoms with Crippen LogP contribution in [0.1, 0.15) is 5.69 Å². The van der Waals surface area contributed by atoms with Crippen LogP contribution >= 0.6 is 0 Å². The molecule has 27 heavy (non-hydrogen) atoms. The van der Waals surface area contributed by atoms with Gasteiger partial charge in [-0.25, -0.2) is 9.97 Å². The lowest BCUT2D eigenvalue weighted by Crippen LogP contribution is -2.63. The topological polar surface area (TPSA) is 61.3 Å². The lowest BCUT2D eigenvalue weighted by molar-refractivity contribution is 0.156. The molecule has 7 heteroatoms. The summed E-state index contributed by atoms with van der Waals surface area (Å²) in [6.45, 7) is 8.12. The van der Waals surface area contributed by atoms with Gasteiger partial charge in [0.05, 0.1) is 5.69 Å². The number of aromatic nitrogens is 4. The zero-order chi connectivity index (χ0) is 18.2. The molecule has 2 aromatic heterocycles. The van der Waals surface area contributed by atoms with Crippen molar-refractivity contribution in [2.45, 2.75) is 13.0 Å². The molecule has 0 aliphatic carbocycles. The van der Waals surface area contributed by atoms with E-state index in [4.69, 9.17) is 0 Å². The number of nitrogens with zero attached hydrogens (tertiary/aromatic N) is 7. The van der Waals surface area contributed by atoms with E-state index in [0.717, 1.165) is 56.7 Å². The molecule has 0 atom stereocenters. The fourth-order valence-electron chi connectivity index (χ4n) is 4.06. The van der Waals surface area contributed by atoms with Crippen molar-refractivity contribution in [2.75, 3.05) is 49.1 Å². The molecule has 3 aromatic rings. The van der Waals surface area contributed by atoms with E-state index < -0.39 is 0 Å². The second-order valence-corrected chi connectivity index (χ2v) is 7.29. The van der Waals surface area contributed by atoms with E-state index in [1.54, 1.807) is 0 Å². The van der Waals surface area contributed by atoms with Crippen LogP contribution in [-0.2, 0) is 0 Å². The van der Waals surface area contributed by atoms with Gasteiger partial charge in [-0.15, -0.1) is 5.10 Å². The Hall–Kier alpha value is -2.80. The second-order valence-electron chi connectivity index (χ2n) is 7.29. The van der Waals surface area contributed by atoms with E-state index in [2.05, 4.69) is 59.1 Å². The van der Waals surface area contributed by atoms with Gasteiger partial charge in [0.2, 0.25) is 5.95 Å². The number of hydrogen-bond acceptors (Lipinski definition) is 7. The monoisotopic (exact) mass is 361 g/mol. The molecule has 1 aromatic carbocycles. The highest BCUT2D eigenvalue weighted by Crippen LogP contribution is 2.30. The third-order valence-electron chi connectivity index (χ3n) is 5.68. The maximum atomic E-state index is 4.49. The van der Waals surface area contributed by atoms with Crippen molar-refractivity contribution >= 4 is 22.5 Å². The lowest BCUT2D eigenvalue weighted by atomic mass is 10.0. The minimum absolute atomic E-state index is 0.589. The molecule has 2 saturated heterocycles. The van der Waals surface area contributed by atoms with Gasteiger partial charge in [0, 0.05) is 68.5 Å². The average molecular weight is 361 g/mol. The van der Waals surface area contributed by atoms with Crippen LogP contribution in [0.5, 0.6) is 0 Å². The molecule has 2 aliphatic heterocycles. The van der Waals surface area contributed by atoms with E-state index in [-0.39, 0.29) is 0 Å². The predicted octanol–water partition coefficient (Wildman–Crippen LogP) is 1.74. The Kier molecular flexibility index (Phi) is 4.09. The number of rotatable bonds is 3. The van der Waals surface area contributed by atoms with E-state index in [1.807, 2.05) is 25.4 Å². The van der Waals surface area contributed by atoms with Crippen LogP contribution < -0.4 is 9.80 Å². The molecule has 0 radical (unpaired) electrons. The van der Waals surface area contributed by atoms with Crippen molar-refractivity contribution in [3.05, 3.63) is 48.4 Å². The fourth-order valence-corrected chi connectivity index (χ4v) is 4.06. The summed E-state index contributed by atoms with van der Waals surface area (Å²) < 4.78 is 0. The van der Waals surface area contributed by atoms with Crippen molar-refractivity contribution in [1.29, 1.82) is 0 Å². The maximum absolute atomic E-state index is 4.49. The van der Waals surface area contributed by atoms with E-state index in [9.17, 15) is 0 Å². The van der Waals surface area contributed by atoms with Crippen LogP contribution in [0, 0.1) is 6.92 Å². The molecule has 2 fully saturated rings. The number of fused-ring (bicyclic) bond motifs is 1. The lowest BCUT2D eigenvalue weighted by Gasteiger charge is -2.48. The summed E-state index contributed by atoms with van der Waals surface area (Å²) >= 11 is 0. The molecule has 138 valence electrons. The molecule has 0 unspecified atom stereocenters. The quantitative estimate of drug-likeness (QED) is 0.704. The summed E-state index contributed by atoms with van der Waals surface area (Å²) in [6, 6.07) is 10.9. The van der Waals surface area contributed by atoms with Gasteiger partial charge < -0.3 is 9.80 Å². The molecular weight excluding hydrogens is 338 g/mol. The van der Waals surface area contributed by atoms with Gasteiger partial charge >= 0.3 is 0 Å². The van der Waals surface area contributed by atoms with Gasteiger partial charge in [-0.2, -0.15) is 5.10 Å². The molecular formula is C20H23N7. The van der Waals surface area contributed by atoms with Gasteiger partial charge in [-0.3, -0.25) is 4.90 Å². The van der Waals surface area contributed by atoms with E-state index in [0.29, 0.717) is 6.04 Å². The normalized spacial score (nSPS) is 18.7. The van der Waals surface area contributed by atoms with Gasteiger partial charge in [0.25, 0.3) is 0 Å². The van der Waals surface area contributed by atoms with Gasteiger partial charge in [-0.1, -0.05) is 24.3 Å². The first kappa shape index (κ1) is 16.4. The molecule has 0 spiro atoms. The molecule has 0 N–H and O–H groups in total. The minimum atomic E-state index is 0.589. The Bertz CT molecular complexity index is 931. The largest absolute Gasteiger partial charge is 0.351 e. The minimum Gasteiger partial charge on any atom is -0.351 e. The van der Waals surface area contributed by atoms with Crippen molar-refractivity contribution in [3.8, 4) is 0 Å². The smallest absolute Gasteiger partial charge is 0.225 e. The standard InChI is InChI=1S/C20H23N7/c1-15-17-5-2-3-6-18(17)19(24-23-15)27-13-16(14-27)25-9-11-26(12-10-25)20-21-7-4-8-22-20/h2-8,16H,9-14H2,1H3. The van der Waals surface area contributed by atoms with E-state index in [1.165, 1.54) is 10.8 Å². The Balaban J connectivity index is 1.23. The van der Waals surface area contributed by atoms with Gasteiger partial charge in [-0.05, 0) is 13.0 Å². The maximum Gasteiger partial charge on any atom is 0.225 e. The second kappa shape index (κ2) is 6.74. The van der Waals surface area contributed by atoms with Crippen LogP contribution in [0.4, 0.5) is 11.8 Å². The first-order valence-corrected chi connectivity index (χ1v) is 9.52. The Morgan fingerprint density at radius 1 is 0.815 bits per heavy atom. The average Bonchev–Trinajstić information content (AvgIpc) is 2.70. The molecule has 2 aliphatic rings. The fraction of sp³-hybridized carbons (Fsp3) is 0.400. The first-order valence-electron chi connectivity index (χ1n) is 9.52. The Morgan fingerprint density at radius 2 is 1.52 bits per heavy atom. The summed E-state index contributed by atoms with van der Waals surface area (Å²) in [5.74, 6) is 1.86. The summed E-state index contributed by atoms with van der Waals surface area (Å²) in [5.41, 5.74) is 0.991. The zero-order valence-electron chi connectivity index (χ0n) is 15.5. The first-order chi connectivity index (χ1) is 13.3. The molecule has 0 amide bonds. The van der Waals surface area contributed by atoms with Crippen molar-refractivity contribution in [2.24, 2.45) is 0 Å². The van der Waals surface area contributed by atoms with Crippen LogP contribution in [0.2, 0.25) is 0 Å². The SMILES string of the molecule is Cc1nnc(N2CC(N3CCN(c4ncccn4)CC3)C2)c2ccccc12. The third kappa shape index (κ3) is 2.98. The number of piperazine rings is 1. The van der Waals surface area contributed by atoms with Crippen LogP contribution in [0.25, 0.3) is 10.8 Å². The zero-order valence-corrected chi connectivity index (χ0v) is 15.5. The Labute approximate surface area is 158 Å². The summed E-state index contributed by atoms with van der Waals surface area (Å²) in [7, 11) is 0. The third-order valence-corrected chi connectivity index (χ3v) is 5.68. The van der Waals surface area contributed by atoms with Crippen molar-refractivity contribution < 1.29 is 0 Å². The highest BCUT2D eigenvalue weighted by molar-refractivity contribution is 5.93. The van der Waals surface area contributed by atoms with Crippen LogP contribution in [0.15, 0.2) is 42.7 Å². The number of hydrogen-bond donors (Lipinski definition) is 0. The van der Waals surface area contributed by atoms with Gasteiger partial charge in [0.1, 0.15) is 0 Å². The van der Waals surface area contributed by atoms with Crippen LogP contribution in [-0.4, -0.2) is 70.4 Å². The molecule has 5 rings (SSSR count). The summed E-state index contributed by atoms with van der Waals surface area (Å²) in [5, 5.41) is 11.3. The highest BCUT2D eigenvalue weighted by Gasteiger charge is 2.35. The number of aryl methyl sites for hydroxylation is 1. The molecule has 4 heterocycles. The van der Waals surface area contributed by atoms with Crippen molar-refractivity contribution in [1.82, 2.24) is 25.1 Å². The predicted molar refractivity (Wildman–Crippen MR) is 106 cm³/mol. The molecule has 0 saturated carbocycles. The highest BCUT2D eigenvalue weighted by atomic mass is 15.4. The number of anilines is 2. The van der Waals surface area contributed by atoms with E-state index >= 15 is 0 Å². The summed E-state index contributed by atoms with van der Waals surface area (Å²) in [4.78, 5) is 15.9. The van der Waals surface area contributed by atoms with Crippen LogP contribution in [0.3, 0.4) is 0 Å². The number of benzene rings is 1. The molecule has 0 bridgehead atoms. The Morgan fingerprint density at radius 3 is 2.26 bits per heavy atom. The van der Waals surface area contributed by atoms with Gasteiger partial charge in [0.15, 0.2) is 5.82 Å². The summed E-state index contributed by atoms with van der Waals surface area (Å²) in [6.07, 6.45) is 3.62. The van der Waals surface area contributed by atoms with Crippen molar-refractivity contribution in [3.63, 3.8) is 0 Å².